The van der Waals surface area contributed by atoms with Crippen LogP contribution in [-0.2, 0) is 26.2 Å². The van der Waals surface area contributed by atoms with Crippen LogP contribution in [0.4, 0.5) is 5.69 Å². The average Bonchev–Trinajstić information content (AvgIpc) is 2.83. The van der Waals surface area contributed by atoms with E-state index in [1.165, 1.54) is 9.21 Å². The molecule has 0 saturated heterocycles. The summed E-state index contributed by atoms with van der Waals surface area (Å²) >= 11 is 6.11. The highest BCUT2D eigenvalue weighted by atomic mass is 35.5. The Balaban J connectivity index is 2.14. The number of nitrogens with one attached hydrogen (secondary N) is 1. The first kappa shape index (κ1) is 29.5. The third kappa shape index (κ3) is 9.02. The molecule has 2 aromatic carbocycles. The van der Waals surface area contributed by atoms with E-state index in [0.29, 0.717) is 29.6 Å². The molecule has 0 unspecified atom stereocenters. The van der Waals surface area contributed by atoms with Crippen LogP contribution in [0.3, 0.4) is 0 Å². The lowest BCUT2D eigenvalue weighted by Crippen LogP contribution is -2.47. The second-order valence-corrected chi connectivity index (χ2v) is 10.8. The quantitative estimate of drug-likeness (QED) is 0.389. The van der Waals surface area contributed by atoms with Gasteiger partial charge in [0.1, 0.15) is 11.8 Å². The second kappa shape index (κ2) is 14.1. The lowest BCUT2D eigenvalue weighted by atomic mass is 10.1. The Morgan fingerprint density at radius 2 is 1.81 bits per heavy atom. The zero-order valence-corrected chi connectivity index (χ0v) is 22.9. The molecule has 36 heavy (non-hydrogen) atoms. The molecule has 198 valence electrons. The van der Waals surface area contributed by atoms with Crippen LogP contribution < -0.4 is 14.4 Å². The highest BCUT2D eigenvalue weighted by Crippen LogP contribution is 2.23. The zero-order valence-electron chi connectivity index (χ0n) is 21.4. The number of amides is 2. The van der Waals surface area contributed by atoms with E-state index >= 15 is 0 Å². The van der Waals surface area contributed by atoms with Crippen molar-refractivity contribution in [3.8, 4) is 5.75 Å². The molecular formula is C26H36ClN3O5S. The molecule has 0 radical (unpaired) electrons. The predicted octanol–water partition coefficient (Wildman–Crippen LogP) is 4.23. The standard InChI is InChI=1S/C26H36ClN3O5S/c1-5-16-28-26(32)20(3)29(19-21-9-7-10-22(27)18-21)25(31)11-8-17-30(36(4,33)34)23-12-14-24(15-13-23)35-6-2/h7,9-10,12-15,18,20H,5-6,8,11,16-17,19H2,1-4H3,(H,28,32)/t20-/m1/s1. The molecule has 0 aliphatic heterocycles. The van der Waals surface area contributed by atoms with Crippen LogP contribution in [-0.4, -0.2) is 57.1 Å². The van der Waals surface area contributed by atoms with Gasteiger partial charge in [0.15, 0.2) is 0 Å². The Labute approximate surface area is 219 Å². The molecule has 1 N–H and O–H groups in total. The fraction of sp³-hybridized carbons (Fsp3) is 0.462. The molecular weight excluding hydrogens is 502 g/mol. The van der Waals surface area contributed by atoms with Gasteiger partial charge in [-0.15, -0.1) is 0 Å². The van der Waals surface area contributed by atoms with Crippen molar-refractivity contribution in [3.05, 3.63) is 59.1 Å². The number of ether oxygens (including phenoxy) is 1. The van der Waals surface area contributed by atoms with Crippen LogP contribution >= 0.6 is 11.6 Å². The minimum atomic E-state index is -3.57. The van der Waals surface area contributed by atoms with Crippen molar-refractivity contribution < 1.29 is 22.7 Å². The number of carbonyl (C=O) groups excluding carboxylic acids is 2. The summed E-state index contributed by atoms with van der Waals surface area (Å²) in [6.07, 6.45) is 2.29. The number of hydrogen-bond acceptors (Lipinski definition) is 5. The molecule has 0 heterocycles. The molecule has 2 aromatic rings. The van der Waals surface area contributed by atoms with Crippen LogP contribution in [0.25, 0.3) is 0 Å². The number of benzene rings is 2. The highest BCUT2D eigenvalue weighted by Gasteiger charge is 2.26. The fourth-order valence-electron chi connectivity index (χ4n) is 3.69. The number of sulfonamides is 1. The van der Waals surface area contributed by atoms with Crippen LogP contribution in [0.15, 0.2) is 48.5 Å². The molecule has 8 nitrogen and oxygen atoms in total. The summed E-state index contributed by atoms with van der Waals surface area (Å²) in [5.41, 5.74) is 1.30. The molecule has 0 fully saturated rings. The fourth-order valence-corrected chi connectivity index (χ4v) is 4.87. The van der Waals surface area contributed by atoms with E-state index in [2.05, 4.69) is 5.32 Å². The molecule has 0 aliphatic rings. The predicted molar refractivity (Wildman–Crippen MR) is 144 cm³/mol. The minimum Gasteiger partial charge on any atom is -0.494 e. The molecule has 10 heteroatoms. The largest absolute Gasteiger partial charge is 0.494 e. The van der Waals surface area contributed by atoms with Crippen molar-refractivity contribution in [2.75, 3.05) is 30.3 Å². The Kier molecular flexibility index (Phi) is 11.5. The molecule has 0 saturated carbocycles. The van der Waals surface area contributed by atoms with Gasteiger partial charge in [-0.2, -0.15) is 0 Å². The van der Waals surface area contributed by atoms with E-state index < -0.39 is 16.1 Å². The smallest absolute Gasteiger partial charge is 0.242 e. The molecule has 0 spiro atoms. The van der Waals surface area contributed by atoms with Crippen molar-refractivity contribution in [3.63, 3.8) is 0 Å². The van der Waals surface area contributed by atoms with E-state index in [4.69, 9.17) is 16.3 Å². The summed E-state index contributed by atoms with van der Waals surface area (Å²) in [6, 6.07) is 13.2. The number of anilines is 1. The van der Waals surface area contributed by atoms with Gasteiger partial charge in [0.05, 0.1) is 18.6 Å². The summed E-state index contributed by atoms with van der Waals surface area (Å²) in [5, 5.41) is 3.38. The first-order valence-electron chi connectivity index (χ1n) is 12.1. The number of hydrogen-bond donors (Lipinski definition) is 1. The first-order chi connectivity index (χ1) is 17.1. The minimum absolute atomic E-state index is 0.0784. The van der Waals surface area contributed by atoms with E-state index in [1.807, 2.05) is 19.9 Å². The van der Waals surface area contributed by atoms with Crippen molar-refractivity contribution in [1.29, 1.82) is 0 Å². The van der Waals surface area contributed by atoms with E-state index in [-0.39, 0.29) is 37.7 Å². The number of nitrogens with zero attached hydrogens (tertiary/aromatic N) is 2. The molecule has 2 amide bonds. The van der Waals surface area contributed by atoms with Crippen molar-refractivity contribution in [1.82, 2.24) is 10.2 Å². The van der Waals surface area contributed by atoms with E-state index in [9.17, 15) is 18.0 Å². The maximum atomic E-state index is 13.3. The number of halogens is 1. The number of carbonyl (C=O) groups is 2. The van der Waals surface area contributed by atoms with Gasteiger partial charge in [-0.25, -0.2) is 8.42 Å². The first-order valence-corrected chi connectivity index (χ1v) is 14.3. The number of rotatable bonds is 14. The highest BCUT2D eigenvalue weighted by molar-refractivity contribution is 7.92. The van der Waals surface area contributed by atoms with Gasteiger partial charge < -0.3 is 15.0 Å². The molecule has 2 rings (SSSR count). The molecule has 0 aliphatic carbocycles. The molecule has 0 bridgehead atoms. The topological polar surface area (TPSA) is 96.0 Å². The Morgan fingerprint density at radius 1 is 1.11 bits per heavy atom. The van der Waals surface area contributed by atoms with Gasteiger partial charge >= 0.3 is 0 Å². The third-order valence-corrected chi connectivity index (χ3v) is 6.98. The maximum Gasteiger partial charge on any atom is 0.242 e. The van der Waals surface area contributed by atoms with Gasteiger partial charge in [-0.05, 0) is 68.7 Å². The second-order valence-electron chi connectivity index (χ2n) is 8.48. The SMILES string of the molecule is CCCNC(=O)[C@@H](C)N(Cc1cccc(Cl)c1)C(=O)CCCN(c1ccc(OCC)cc1)S(C)(=O)=O. The van der Waals surface area contributed by atoms with Crippen LogP contribution in [0.2, 0.25) is 5.02 Å². The van der Waals surface area contributed by atoms with Gasteiger partial charge in [0, 0.05) is 31.1 Å². The summed E-state index contributed by atoms with van der Waals surface area (Å²) in [6.45, 7) is 6.89. The zero-order chi connectivity index (χ0) is 26.7. The van der Waals surface area contributed by atoms with E-state index in [0.717, 1.165) is 18.2 Å². The lowest BCUT2D eigenvalue weighted by Gasteiger charge is -2.29. The van der Waals surface area contributed by atoms with Gasteiger partial charge in [0.25, 0.3) is 0 Å². The van der Waals surface area contributed by atoms with Crippen molar-refractivity contribution >= 4 is 39.1 Å². The lowest BCUT2D eigenvalue weighted by molar-refractivity contribution is -0.140. The van der Waals surface area contributed by atoms with Crippen molar-refractivity contribution in [2.24, 2.45) is 0 Å². The summed E-state index contributed by atoms with van der Waals surface area (Å²) < 4.78 is 31.6. The van der Waals surface area contributed by atoms with Gasteiger partial charge in [-0.3, -0.25) is 13.9 Å². The Hall–Kier alpha value is -2.78. The van der Waals surface area contributed by atoms with Crippen molar-refractivity contribution in [2.45, 2.75) is 52.6 Å². The normalized spacial score (nSPS) is 12.0. The monoisotopic (exact) mass is 537 g/mol. The van der Waals surface area contributed by atoms with Gasteiger partial charge in [0.2, 0.25) is 21.8 Å². The molecule has 0 aromatic heterocycles. The van der Waals surface area contributed by atoms with Crippen LogP contribution in [0.5, 0.6) is 5.75 Å². The molecule has 1 atom stereocenters. The van der Waals surface area contributed by atoms with Crippen LogP contribution in [0, 0.1) is 0 Å². The van der Waals surface area contributed by atoms with Crippen LogP contribution in [0.1, 0.15) is 45.6 Å². The Morgan fingerprint density at radius 3 is 2.39 bits per heavy atom. The Bertz CT molecular complexity index is 1110. The summed E-state index contributed by atoms with van der Waals surface area (Å²) in [7, 11) is -3.57. The van der Waals surface area contributed by atoms with Gasteiger partial charge in [-0.1, -0.05) is 30.7 Å². The van der Waals surface area contributed by atoms with E-state index in [1.54, 1.807) is 49.4 Å². The third-order valence-electron chi connectivity index (χ3n) is 5.55. The summed E-state index contributed by atoms with van der Waals surface area (Å²) in [4.78, 5) is 27.4. The average molecular weight is 538 g/mol. The maximum absolute atomic E-state index is 13.3. The summed E-state index contributed by atoms with van der Waals surface area (Å²) in [5.74, 6) is 0.172.